The minimum Gasteiger partial charge on any atom is -0.467 e. The molecule has 1 amide bonds. The van der Waals surface area contributed by atoms with E-state index in [4.69, 9.17) is 27.9 Å². The van der Waals surface area contributed by atoms with Crippen LogP contribution < -0.4 is 5.32 Å². The number of methoxy groups -OCH3 is 1. The van der Waals surface area contributed by atoms with E-state index in [1.54, 1.807) is 18.2 Å². The van der Waals surface area contributed by atoms with Crippen molar-refractivity contribution in [2.45, 2.75) is 12.5 Å². The molecule has 0 aliphatic heterocycles. The first kappa shape index (κ1) is 20.6. The summed E-state index contributed by atoms with van der Waals surface area (Å²) in [5.41, 5.74) is 1.03. The maximum absolute atomic E-state index is 12.7. The molecule has 4 nitrogen and oxygen atoms in total. The molecule has 7 heteroatoms. The lowest BCUT2D eigenvalue weighted by atomic mass is 9.98. The Balaban J connectivity index is 1.93. The molecule has 0 saturated carbocycles. The lowest BCUT2D eigenvalue weighted by Crippen LogP contribution is -2.43. The van der Waals surface area contributed by atoms with Crippen LogP contribution in [0.1, 0.15) is 15.9 Å². The van der Waals surface area contributed by atoms with Gasteiger partial charge in [0.05, 0.1) is 22.7 Å². The first-order valence-corrected chi connectivity index (χ1v) is 9.96. The molecule has 0 fully saturated rings. The van der Waals surface area contributed by atoms with E-state index in [9.17, 15) is 9.59 Å². The third-order valence-electron chi connectivity index (χ3n) is 4.37. The third kappa shape index (κ3) is 4.32. The van der Waals surface area contributed by atoms with Crippen LogP contribution in [-0.2, 0) is 16.0 Å². The summed E-state index contributed by atoms with van der Waals surface area (Å²) in [6, 6.07) is 15.5. The Morgan fingerprint density at radius 1 is 1.00 bits per heavy atom. The van der Waals surface area contributed by atoms with Gasteiger partial charge in [0.25, 0.3) is 5.91 Å². The van der Waals surface area contributed by atoms with E-state index in [1.165, 1.54) is 7.11 Å². The molecular weight excluding hydrogens is 465 g/mol. The van der Waals surface area contributed by atoms with Crippen molar-refractivity contribution in [3.05, 3.63) is 80.2 Å². The Labute approximate surface area is 180 Å². The van der Waals surface area contributed by atoms with Crippen LogP contribution in [0.25, 0.3) is 10.8 Å². The highest BCUT2D eigenvalue weighted by Crippen LogP contribution is 2.28. The SMILES string of the molecule is COC(=O)C(Cc1ccc(Br)c2ccccc12)NC(=O)c1c(Cl)cccc1Cl. The van der Waals surface area contributed by atoms with Gasteiger partial charge in [-0.2, -0.15) is 0 Å². The molecule has 1 unspecified atom stereocenters. The molecule has 3 aromatic rings. The fourth-order valence-electron chi connectivity index (χ4n) is 3.00. The normalized spacial score (nSPS) is 11.9. The number of fused-ring (bicyclic) bond motifs is 1. The van der Waals surface area contributed by atoms with Gasteiger partial charge in [-0.3, -0.25) is 4.79 Å². The molecule has 0 radical (unpaired) electrons. The second kappa shape index (κ2) is 8.95. The summed E-state index contributed by atoms with van der Waals surface area (Å²) in [6.07, 6.45) is 0.258. The monoisotopic (exact) mass is 479 g/mol. The maximum Gasteiger partial charge on any atom is 0.328 e. The standard InChI is InChI=1S/C21H16BrCl2NO3/c1-28-21(27)18(25-20(26)19-16(23)7-4-8-17(19)24)11-12-9-10-15(22)14-6-3-2-5-13(12)14/h2-10,18H,11H2,1H3,(H,25,26). The highest BCUT2D eigenvalue weighted by atomic mass is 79.9. The van der Waals surface area contributed by atoms with Gasteiger partial charge < -0.3 is 10.1 Å². The van der Waals surface area contributed by atoms with Gasteiger partial charge in [-0.25, -0.2) is 4.79 Å². The Morgan fingerprint density at radius 3 is 2.29 bits per heavy atom. The molecule has 3 aromatic carbocycles. The Hall–Kier alpha value is -2.08. The molecule has 0 bridgehead atoms. The fraction of sp³-hybridized carbons (Fsp3) is 0.143. The Bertz CT molecular complexity index is 1030. The highest BCUT2D eigenvalue weighted by molar-refractivity contribution is 9.10. The Morgan fingerprint density at radius 2 is 1.64 bits per heavy atom. The molecular formula is C21H16BrCl2NO3. The van der Waals surface area contributed by atoms with Gasteiger partial charge in [0.15, 0.2) is 0 Å². The zero-order valence-corrected chi connectivity index (χ0v) is 17.9. The number of carbonyl (C=O) groups is 2. The van der Waals surface area contributed by atoms with Gasteiger partial charge >= 0.3 is 5.97 Å². The summed E-state index contributed by atoms with van der Waals surface area (Å²) in [4.78, 5) is 25.1. The van der Waals surface area contributed by atoms with Gasteiger partial charge in [-0.05, 0) is 34.5 Å². The van der Waals surface area contributed by atoms with Crippen LogP contribution >= 0.6 is 39.1 Å². The van der Waals surface area contributed by atoms with Crippen LogP contribution in [0.15, 0.2) is 59.1 Å². The second-order valence-electron chi connectivity index (χ2n) is 6.10. The number of amides is 1. The van der Waals surface area contributed by atoms with Crippen molar-refractivity contribution < 1.29 is 14.3 Å². The number of ether oxygens (including phenoxy) is 1. The second-order valence-corrected chi connectivity index (χ2v) is 7.77. The number of nitrogens with one attached hydrogen (secondary N) is 1. The lowest BCUT2D eigenvalue weighted by molar-refractivity contribution is -0.142. The molecule has 3 rings (SSSR count). The van der Waals surface area contributed by atoms with Crippen LogP contribution in [0.3, 0.4) is 0 Å². The summed E-state index contributed by atoms with van der Waals surface area (Å²) < 4.78 is 5.84. The van der Waals surface area contributed by atoms with E-state index in [0.717, 1.165) is 20.8 Å². The summed E-state index contributed by atoms with van der Waals surface area (Å²) in [5, 5.41) is 5.12. The van der Waals surface area contributed by atoms with Gasteiger partial charge in [0, 0.05) is 10.9 Å². The Kier molecular flexibility index (Phi) is 6.60. The predicted molar refractivity (Wildman–Crippen MR) is 115 cm³/mol. The first-order chi connectivity index (χ1) is 13.4. The minimum absolute atomic E-state index is 0.125. The van der Waals surface area contributed by atoms with Gasteiger partial charge in [0.1, 0.15) is 6.04 Å². The topological polar surface area (TPSA) is 55.4 Å². The number of hydrogen-bond donors (Lipinski definition) is 1. The first-order valence-electron chi connectivity index (χ1n) is 8.41. The quantitative estimate of drug-likeness (QED) is 0.496. The molecule has 0 aliphatic rings. The number of halogens is 3. The lowest BCUT2D eigenvalue weighted by Gasteiger charge is -2.19. The molecule has 0 aromatic heterocycles. The third-order valence-corrected chi connectivity index (χ3v) is 5.69. The summed E-state index contributed by atoms with van der Waals surface area (Å²) in [6.45, 7) is 0. The summed E-state index contributed by atoms with van der Waals surface area (Å²) in [7, 11) is 1.28. The van der Waals surface area contributed by atoms with Crippen LogP contribution in [0.2, 0.25) is 10.0 Å². The van der Waals surface area contributed by atoms with Crippen LogP contribution in [0.4, 0.5) is 0 Å². The van der Waals surface area contributed by atoms with Crippen molar-refractivity contribution in [2.75, 3.05) is 7.11 Å². The zero-order chi connectivity index (χ0) is 20.3. The van der Waals surface area contributed by atoms with Crippen LogP contribution in [0, 0.1) is 0 Å². The largest absolute Gasteiger partial charge is 0.467 e. The van der Waals surface area contributed by atoms with E-state index in [-0.39, 0.29) is 22.0 Å². The van der Waals surface area contributed by atoms with E-state index < -0.39 is 17.9 Å². The summed E-state index contributed by atoms with van der Waals surface area (Å²) in [5.74, 6) is -1.09. The van der Waals surface area contributed by atoms with Crippen molar-refractivity contribution in [1.29, 1.82) is 0 Å². The molecule has 0 aliphatic carbocycles. The smallest absolute Gasteiger partial charge is 0.328 e. The van der Waals surface area contributed by atoms with E-state index in [1.807, 2.05) is 36.4 Å². The average molecular weight is 481 g/mol. The molecule has 144 valence electrons. The van der Waals surface area contributed by atoms with E-state index >= 15 is 0 Å². The van der Waals surface area contributed by atoms with E-state index in [2.05, 4.69) is 21.2 Å². The minimum atomic E-state index is -0.894. The van der Waals surface area contributed by atoms with Gasteiger partial charge in [-0.15, -0.1) is 0 Å². The van der Waals surface area contributed by atoms with Crippen molar-refractivity contribution in [1.82, 2.24) is 5.32 Å². The van der Waals surface area contributed by atoms with Gasteiger partial charge in [-0.1, -0.05) is 75.5 Å². The van der Waals surface area contributed by atoms with Crippen molar-refractivity contribution >= 4 is 61.8 Å². The van der Waals surface area contributed by atoms with Gasteiger partial charge in [0.2, 0.25) is 0 Å². The number of benzene rings is 3. The molecule has 0 spiro atoms. The molecule has 1 N–H and O–H groups in total. The number of rotatable bonds is 5. The van der Waals surface area contributed by atoms with Crippen molar-refractivity contribution in [3.63, 3.8) is 0 Å². The predicted octanol–water partition coefficient (Wildman–Crippen LogP) is 5.42. The van der Waals surface area contributed by atoms with Crippen LogP contribution in [0.5, 0.6) is 0 Å². The number of hydrogen-bond acceptors (Lipinski definition) is 3. The molecule has 0 heterocycles. The van der Waals surface area contributed by atoms with Crippen molar-refractivity contribution in [3.8, 4) is 0 Å². The summed E-state index contributed by atoms with van der Waals surface area (Å²) >= 11 is 15.8. The van der Waals surface area contributed by atoms with Crippen LogP contribution in [-0.4, -0.2) is 25.0 Å². The number of esters is 1. The van der Waals surface area contributed by atoms with Crippen molar-refractivity contribution in [2.24, 2.45) is 0 Å². The molecule has 1 atom stereocenters. The maximum atomic E-state index is 12.7. The fourth-order valence-corrected chi connectivity index (χ4v) is 4.05. The zero-order valence-electron chi connectivity index (χ0n) is 14.8. The number of carbonyl (C=O) groups excluding carboxylic acids is 2. The average Bonchev–Trinajstić information content (AvgIpc) is 2.69. The highest BCUT2D eigenvalue weighted by Gasteiger charge is 2.25. The van der Waals surface area contributed by atoms with E-state index in [0.29, 0.717) is 0 Å². The molecule has 28 heavy (non-hydrogen) atoms. The molecule has 0 saturated heterocycles.